The maximum atomic E-state index is 12.4. The normalized spacial score (nSPS) is 23.5. The van der Waals surface area contributed by atoms with Gasteiger partial charge in [-0.05, 0) is 37.5 Å². The van der Waals surface area contributed by atoms with Gasteiger partial charge in [0.15, 0.2) is 0 Å². The van der Waals surface area contributed by atoms with Crippen molar-refractivity contribution in [3.63, 3.8) is 0 Å². The largest absolute Gasteiger partial charge is 0.340 e. The first kappa shape index (κ1) is 14.8. The second-order valence-electron chi connectivity index (χ2n) is 5.13. The molecule has 1 saturated heterocycles. The van der Waals surface area contributed by atoms with E-state index in [0.717, 1.165) is 29.4 Å². The number of halogens is 2. The monoisotopic (exact) mass is 344 g/mol. The summed E-state index contributed by atoms with van der Waals surface area (Å²) in [6.07, 6.45) is 2.17. The van der Waals surface area contributed by atoms with Crippen molar-refractivity contribution >= 4 is 33.4 Å². The van der Waals surface area contributed by atoms with Gasteiger partial charge in [-0.2, -0.15) is 0 Å². The fourth-order valence-electron chi connectivity index (χ4n) is 2.51. The Morgan fingerprint density at radius 3 is 2.95 bits per heavy atom. The maximum Gasteiger partial charge on any atom is 0.227 e. The maximum absolute atomic E-state index is 12.4. The van der Waals surface area contributed by atoms with Crippen molar-refractivity contribution in [2.24, 2.45) is 5.73 Å². The molecule has 1 amide bonds. The lowest BCUT2D eigenvalue weighted by Crippen LogP contribution is -2.48. The number of rotatable bonds is 2. The molecule has 1 fully saturated rings. The van der Waals surface area contributed by atoms with Crippen LogP contribution in [0.15, 0.2) is 22.7 Å². The fraction of sp³-hybridized carbons (Fsp3) is 0.500. The van der Waals surface area contributed by atoms with Gasteiger partial charge in [0, 0.05) is 28.1 Å². The minimum absolute atomic E-state index is 0.155. The molecule has 0 aromatic heterocycles. The first-order chi connectivity index (χ1) is 8.97. The van der Waals surface area contributed by atoms with E-state index in [9.17, 15) is 4.79 Å². The van der Waals surface area contributed by atoms with E-state index in [4.69, 9.17) is 17.3 Å². The molecule has 0 bridgehead atoms. The number of nitrogens with zero attached hydrogens (tertiary/aromatic N) is 1. The number of carbonyl (C=O) groups excluding carboxylic acids is 1. The van der Waals surface area contributed by atoms with Crippen LogP contribution in [0.5, 0.6) is 0 Å². The molecule has 1 aliphatic rings. The van der Waals surface area contributed by atoms with E-state index in [1.54, 1.807) is 0 Å². The molecule has 5 heteroatoms. The molecule has 0 unspecified atom stereocenters. The zero-order valence-corrected chi connectivity index (χ0v) is 13.2. The smallest absolute Gasteiger partial charge is 0.227 e. The van der Waals surface area contributed by atoms with E-state index in [1.165, 1.54) is 0 Å². The molecule has 0 radical (unpaired) electrons. The summed E-state index contributed by atoms with van der Waals surface area (Å²) < 4.78 is 0.884. The molecule has 1 aromatic rings. The molecule has 1 aliphatic heterocycles. The van der Waals surface area contributed by atoms with Crippen LogP contribution in [-0.4, -0.2) is 29.4 Å². The van der Waals surface area contributed by atoms with E-state index in [2.05, 4.69) is 22.9 Å². The predicted octanol–water partition coefficient (Wildman–Crippen LogP) is 2.98. The average Bonchev–Trinajstić information content (AvgIpc) is 2.32. The van der Waals surface area contributed by atoms with Gasteiger partial charge in [0.1, 0.15) is 0 Å². The molecular formula is C14H18BrClN2O. The number of carbonyl (C=O) groups is 1. The van der Waals surface area contributed by atoms with Crippen LogP contribution < -0.4 is 5.73 Å². The molecule has 0 aliphatic carbocycles. The van der Waals surface area contributed by atoms with Crippen LogP contribution in [0.25, 0.3) is 0 Å². The summed E-state index contributed by atoms with van der Waals surface area (Å²) in [7, 11) is 0. The SMILES string of the molecule is C[C@H]1C[C@@H](N)CCN1C(=O)Cc1ccc(Cl)cc1Br. The first-order valence-electron chi connectivity index (χ1n) is 6.46. The summed E-state index contributed by atoms with van der Waals surface area (Å²) in [4.78, 5) is 14.3. The lowest BCUT2D eigenvalue weighted by Gasteiger charge is -2.36. The van der Waals surface area contributed by atoms with E-state index in [0.29, 0.717) is 11.4 Å². The van der Waals surface area contributed by atoms with E-state index >= 15 is 0 Å². The molecule has 1 heterocycles. The van der Waals surface area contributed by atoms with Gasteiger partial charge in [-0.1, -0.05) is 33.6 Å². The van der Waals surface area contributed by atoms with Gasteiger partial charge in [-0.15, -0.1) is 0 Å². The molecule has 2 atom stereocenters. The second kappa shape index (κ2) is 6.25. The highest BCUT2D eigenvalue weighted by molar-refractivity contribution is 9.10. The highest BCUT2D eigenvalue weighted by Gasteiger charge is 2.27. The van der Waals surface area contributed by atoms with Crippen molar-refractivity contribution in [1.29, 1.82) is 0 Å². The third-order valence-electron chi connectivity index (χ3n) is 3.59. The Labute approximate surface area is 127 Å². The highest BCUT2D eigenvalue weighted by Crippen LogP contribution is 2.24. The third kappa shape index (κ3) is 3.71. The zero-order chi connectivity index (χ0) is 14.0. The van der Waals surface area contributed by atoms with Crippen molar-refractivity contribution in [1.82, 2.24) is 4.90 Å². The zero-order valence-electron chi connectivity index (χ0n) is 10.9. The number of piperidine rings is 1. The Morgan fingerprint density at radius 2 is 2.32 bits per heavy atom. The molecule has 19 heavy (non-hydrogen) atoms. The summed E-state index contributed by atoms with van der Waals surface area (Å²) in [5.41, 5.74) is 6.89. The summed E-state index contributed by atoms with van der Waals surface area (Å²) in [5, 5.41) is 0.667. The minimum Gasteiger partial charge on any atom is -0.340 e. The number of hydrogen-bond donors (Lipinski definition) is 1. The predicted molar refractivity (Wildman–Crippen MR) is 81.2 cm³/mol. The number of likely N-dealkylation sites (tertiary alicyclic amines) is 1. The fourth-order valence-corrected chi connectivity index (χ4v) is 3.33. The van der Waals surface area contributed by atoms with E-state index < -0.39 is 0 Å². The summed E-state index contributed by atoms with van der Waals surface area (Å²) in [5.74, 6) is 0.155. The molecule has 2 rings (SSSR count). The molecule has 3 nitrogen and oxygen atoms in total. The standard InChI is InChI=1S/C14H18BrClN2O/c1-9-6-12(17)4-5-18(9)14(19)7-10-2-3-11(16)8-13(10)15/h2-3,8-9,12H,4-7,17H2,1H3/t9-,12-/m0/s1. The van der Waals surface area contributed by atoms with E-state index in [1.807, 2.05) is 23.1 Å². The van der Waals surface area contributed by atoms with Crippen LogP contribution in [0, 0.1) is 0 Å². The Morgan fingerprint density at radius 1 is 1.58 bits per heavy atom. The number of hydrogen-bond acceptors (Lipinski definition) is 2. The van der Waals surface area contributed by atoms with Crippen molar-refractivity contribution in [3.05, 3.63) is 33.3 Å². The Balaban J connectivity index is 2.04. The number of nitrogens with two attached hydrogens (primary N) is 1. The van der Waals surface area contributed by atoms with Crippen LogP contribution in [0.4, 0.5) is 0 Å². The van der Waals surface area contributed by atoms with Crippen LogP contribution in [0.2, 0.25) is 5.02 Å². The third-order valence-corrected chi connectivity index (χ3v) is 4.57. The first-order valence-corrected chi connectivity index (χ1v) is 7.63. The van der Waals surface area contributed by atoms with Crippen LogP contribution in [-0.2, 0) is 11.2 Å². The molecule has 1 aromatic carbocycles. The van der Waals surface area contributed by atoms with Crippen molar-refractivity contribution < 1.29 is 4.79 Å². The Kier molecular flexibility index (Phi) is 4.87. The molecule has 0 spiro atoms. The number of amides is 1. The second-order valence-corrected chi connectivity index (χ2v) is 6.42. The molecule has 104 valence electrons. The summed E-state index contributed by atoms with van der Waals surface area (Å²) in [6, 6.07) is 5.97. The minimum atomic E-state index is 0.155. The van der Waals surface area contributed by atoms with Crippen LogP contribution in [0.3, 0.4) is 0 Å². The Bertz CT molecular complexity index is 481. The van der Waals surface area contributed by atoms with Crippen LogP contribution in [0.1, 0.15) is 25.3 Å². The lowest BCUT2D eigenvalue weighted by atomic mass is 9.98. The van der Waals surface area contributed by atoms with Gasteiger partial charge < -0.3 is 10.6 Å². The van der Waals surface area contributed by atoms with E-state index in [-0.39, 0.29) is 18.0 Å². The van der Waals surface area contributed by atoms with Crippen LogP contribution >= 0.6 is 27.5 Å². The summed E-state index contributed by atoms with van der Waals surface area (Å²) >= 11 is 9.35. The Hall–Kier alpha value is -0.580. The van der Waals surface area contributed by atoms with Gasteiger partial charge in [-0.25, -0.2) is 0 Å². The quantitative estimate of drug-likeness (QED) is 0.895. The van der Waals surface area contributed by atoms with Crippen molar-refractivity contribution in [3.8, 4) is 0 Å². The van der Waals surface area contributed by atoms with Gasteiger partial charge >= 0.3 is 0 Å². The van der Waals surface area contributed by atoms with Gasteiger partial charge in [0.2, 0.25) is 5.91 Å². The highest BCUT2D eigenvalue weighted by atomic mass is 79.9. The topological polar surface area (TPSA) is 46.3 Å². The average molecular weight is 346 g/mol. The van der Waals surface area contributed by atoms with Crippen molar-refractivity contribution in [2.45, 2.75) is 38.3 Å². The van der Waals surface area contributed by atoms with Gasteiger partial charge in [0.25, 0.3) is 0 Å². The molecule has 2 N–H and O–H groups in total. The number of benzene rings is 1. The molecular weight excluding hydrogens is 328 g/mol. The summed E-state index contributed by atoms with van der Waals surface area (Å²) in [6.45, 7) is 2.82. The lowest BCUT2D eigenvalue weighted by molar-refractivity contribution is -0.133. The molecule has 0 saturated carbocycles. The van der Waals surface area contributed by atoms with Gasteiger partial charge in [-0.3, -0.25) is 4.79 Å². The van der Waals surface area contributed by atoms with Gasteiger partial charge in [0.05, 0.1) is 6.42 Å². The van der Waals surface area contributed by atoms with Crippen molar-refractivity contribution in [2.75, 3.05) is 6.54 Å².